The fraction of sp³-hybridized carbons (Fsp3) is 0.0435. The van der Waals surface area contributed by atoms with Gasteiger partial charge in [-0.3, -0.25) is 9.59 Å². The van der Waals surface area contributed by atoms with E-state index < -0.39 is 17.5 Å². The number of aliphatic hydroxyl groups excluding tert-OH is 1. The van der Waals surface area contributed by atoms with Gasteiger partial charge in [-0.05, 0) is 23.3 Å². The van der Waals surface area contributed by atoms with Gasteiger partial charge >= 0.3 is 0 Å². The van der Waals surface area contributed by atoms with Gasteiger partial charge in [0.2, 0.25) is 11.6 Å². The van der Waals surface area contributed by atoms with Crippen LogP contribution in [0.25, 0.3) is 5.76 Å². The molecule has 0 amide bonds. The molecule has 3 aromatic rings. The van der Waals surface area contributed by atoms with Crippen molar-refractivity contribution < 1.29 is 14.7 Å². The summed E-state index contributed by atoms with van der Waals surface area (Å²) in [6.07, 6.45) is 0. The molecule has 4 heteroatoms. The highest BCUT2D eigenvalue weighted by Gasteiger charge is 2.37. The lowest BCUT2D eigenvalue weighted by molar-refractivity contribution is -0.112. The quantitative estimate of drug-likeness (QED) is 0.640. The van der Waals surface area contributed by atoms with Gasteiger partial charge in [-0.25, -0.2) is 0 Å². The van der Waals surface area contributed by atoms with Crippen LogP contribution in [-0.2, 0) is 4.79 Å². The lowest BCUT2D eigenvalue weighted by Gasteiger charge is -2.25. The number of ketones is 2. The van der Waals surface area contributed by atoms with Crippen LogP contribution in [0.1, 0.15) is 33.0 Å². The van der Waals surface area contributed by atoms with Crippen LogP contribution in [0.15, 0.2) is 84.4 Å². The SMILES string of the molecule is O=C1C(=O)c2ccccc2C(O)=C1C(c1ccccc1)c1ccc(Cl)cc1. The van der Waals surface area contributed by atoms with E-state index in [1.807, 2.05) is 30.3 Å². The molecule has 0 radical (unpaired) electrons. The van der Waals surface area contributed by atoms with Crippen molar-refractivity contribution >= 4 is 28.9 Å². The van der Waals surface area contributed by atoms with Crippen LogP contribution in [0.5, 0.6) is 0 Å². The van der Waals surface area contributed by atoms with Gasteiger partial charge in [0.25, 0.3) is 0 Å². The third-order valence-electron chi connectivity index (χ3n) is 4.76. The Morgan fingerprint density at radius 2 is 1.22 bits per heavy atom. The first-order valence-corrected chi connectivity index (χ1v) is 8.87. The molecule has 0 heterocycles. The molecule has 0 aromatic heterocycles. The number of benzene rings is 3. The zero-order chi connectivity index (χ0) is 19.0. The van der Waals surface area contributed by atoms with Crippen LogP contribution in [0.2, 0.25) is 5.02 Å². The van der Waals surface area contributed by atoms with Gasteiger partial charge < -0.3 is 5.11 Å². The van der Waals surface area contributed by atoms with Crippen LogP contribution in [-0.4, -0.2) is 16.7 Å². The summed E-state index contributed by atoms with van der Waals surface area (Å²) in [5.41, 5.74) is 2.28. The molecule has 0 aliphatic heterocycles. The largest absolute Gasteiger partial charge is 0.507 e. The van der Waals surface area contributed by atoms with Gasteiger partial charge in [0.1, 0.15) is 5.76 Å². The van der Waals surface area contributed by atoms with Crippen molar-refractivity contribution in [1.29, 1.82) is 0 Å². The van der Waals surface area contributed by atoms with E-state index in [4.69, 9.17) is 11.6 Å². The minimum atomic E-state index is -0.685. The Morgan fingerprint density at radius 3 is 1.89 bits per heavy atom. The second-order valence-corrected chi connectivity index (χ2v) is 6.80. The molecule has 3 nitrogen and oxygen atoms in total. The molecule has 0 saturated carbocycles. The summed E-state index contributed by atoms with van der Waals surface area (Å²) < 4.78 is 0. The third-order valence-corrected chi connectivity index (χ3v) is 5.01. The van der Waals surface area contributed by atoms with E-state index in [0.717, 1.165) is 11.1 Å². The molecule has 0 spiro atoms. The zero-order valence-corrected chi connectivity index (χ0v) is 15.0. The molecule has 1 atom stereocenters. The number of Topliss-reactive ketones (excluding diaryl/α,β-unsaturated/α-hetero) is 2. The van der Waals surface area contributed by atoms with E-state index in [-0.39, 0.29) is 16.9 Å². The monoisotopic (exact) mass is 374 g/mol. The van der Waals surface area contributed by atoms with Crippen molar-refractivity contribution in [3.8, 4) is 0 Å². The van der Waals surface area contributed by atoms with Crippen LogP contribution in [0, 0.1) is 0 Å². The van der Waals surface area contributed by atoms with Gasteiger partial charge in [-0.2, -0.15) is 0 Å². The smallest absolute Gasteiger partial charge is 0.234 e. The Labute approximate surface area is 161 Å². The number of aliphatic hydroxyl groups is 1. The number of hydrogen-bond acceptors (Lipinski definition) is 3. The minimum absolute atomic E-state index is 0.0900. The Morgan fingerprint density at radius 1 is 0.667 bits per heavy atom. The second kappa shape index (κ2) is 6.86. The van der Waals surface area contributed by atoms with Crippen molar-refractivity contribution in [2.24, 2.45) is 0 Å². The lowest BCUT2D eigenvalue weighted by atomic mass is 9.76. The molecule has 0 fully saturated rings. The Balaban J connectivity index is 1.99. The summed E-state index contributed by atoms with van der Waals surface area (Å²) in [4.78, 5) is 25.6. The number of halogens is 1. The van der Waals surface area contributed by atoms with Crippen molar-refractivity contribution in [1.82, 2.24) is 0 Å². The Kier molecular flexibility index (Phi) is 4.38. The van der Waals surface area contributed by atoms with Crippen molar-refractivity contribution in [3.63, 3.8) is 0 Å². The molecule has 1 N–H and O–H groups in total. The maximum absolute atomic E-state index is 13.0. The fourth-order valence-corrected chi connectivity index (χ4v) is 3.61. The number of carbonyl (C=O) groups excluding carboxylic acids is 2. The predicted molar refractivity (Wildman–Crippen MR) is 105 cm³/mol. The molecule has 1 aliphatic carbocycles. The van der Waals surface area contributed by atoms with Gasteiger partial charge in [-0.15, -0.1) is 0 Å². The molecule has 3 aromatic carbocycles. The normalized spacial score (nSPS) is 14.9. The number of rotatable bonds is 3. The van der Waals surface area contributed by atoms with Gasteiger partial charge in [0.15, 0.2) is 0 Å². The summed E-state index contributed by atoms with van der Waals surface area (Å²) in [5, 5.41) is 11.5. The molecule has 0 saturated heterocycles. The summed E-state index contributed by atoms with van der Waals surface area (Å²) in [5.74, 6) is -2.02. The van der Waals surface area contributed by atoms with Gasteiger partial charge in [-0.1, -0.05) is 78.3 Å². The van der Waals surface area contributed by atoms with E-state index in [2.05, 4.69) is 0 Å². The standard InChI is InChI=1S/C23H15ClO3/c24-16-12-10-15(11-13-16)19(14-6-2-1-3-7-14)20-21(25)17-8-4-5-9-18(17)22(26)23(20)27/h1-13,19,25H. The van der Waals surface area contributed by atoms with E-state index in [1.54, 1.807) is 48.5 Å². The zero-order valence-electron chi connectivity index (χ0n) is 14.2. The van der Waals surface area contributed by atoms with E-state index in [9.17, 15) is 14.7 Å². The molecular weight excluding hydrogens is 360 g/mol. The number of fused-ring (bicyclic) bond motifs is 1. The molecule has 1 aliphatic rings. The molecule has 132 valence electrons. The maximum Gasteiger partial charge on any atom is 0.234 e. The third kappa shape index (κ3) is 2.96. The highest BCUT2D eigenvalue weighted by atomic mass is 35.5. The lowest BCUT2D eigenvalue weighted by Crippen LogP contribution is -2.27. The molecular formula is C23H15ClO3. The Bertz CT molecular complexity index is 1070. The molecule has 4 rings (SSSR count). The van der Waals surface area contributed by atoms with Crippen LogP contribution < -0.4 is 0 Å². The highest BCUT2D eigenvalue weighted by Crippen LogP contribution is 2.40. The van der Waals surface area contributed by atoms with Gasteiger partial charge in [0, 0.05) is 22.1 Å². The maximum atomic E-state index is 13.0. The first-order chi connectivity index (χ1) is 13.1. The molecule has 0 bridgehead atoms. The van der Waals surface area contributed by atoms with Crippen LogP contribution in [0.3, 0.4) is 0 Å². The average Bonchev–Trinajstić information content (AvgIpc) is 2.71. The first kappa shape index (κ1) is 17.3. The van der Waals surface area contributed by atoms with E-state index in [0.29, 0.717) is 10.6 Å². The number of hydrogen-bond donors (Lipinski definition) is 1. The second-order valence-electron chi connectivity index (χ2n) is 6.36. The molecule has 1 unspecified atom stereocenters. The summed E-state index contributed by atoms with van der Waals surface area (Å²) in [7, 11) is 0. The predicted octanol–water partition coefficient (Wildman–Crippen LogP) is 5.21. The van der Waals surface area contributed by atoms with Crippen LogP contribution in [0.4, 0.5) is 0 Å². The van der Waals surface area contributed by atoms with Gasteiger partial charge in [0.05, 0.1) is 5.57 Å². The van der Waals surface area contributed by atoms with E-state index >= 15 is 0 Å². The first-order valence-electron chi connectivity index (χ1n) is 8.50. The number of carbonyl (C=O) groups is 2. The van der Waals surface area contributed by atoms with E-state index in [1.165, 1.54) is 0 Å². The average molecular weight is 375 g/mol. The van der Waals surface area contributed by atoms with Crippen molar-refractivity contribution in [3.05, 3.63) is 112 Å². The topological polar surface area (TPSA) is 54.4 Å². The fourth-order valence-electron chi connectivity index (χ4n) is 3.48. The summed E-state index contributed by atoms with van der Waals surface area (Å²) in [6.45, 7) is 0. The highest BCUT2D eigenvalue weighted by molar-refractivity contribution is 6.52. The summed E-state index contributed by atoms with van der Waals surface area (Å²) in [6, 6.07) is 23.0. The Hall–Kier alpha value is -3.17. The minimum Gasteiger partial charge on any atom is -0.507 e. The van der Waals surface area contributed by atoms with Crippen molar-refractivity contribution in [2.75, 3.05) is 0 Å². The van der Waals surface area contributed by atoms with Crippen LogP contribution >= 0.6 is 11.6 Å². The molecule has 27 heavy (non-hydrogen) atoms. The van der Waals surface area contributed by atoms with Crippen molar-refractivity contribution in [2.45, 2.75) is 5.92 Å². The summed E-state index contributed by atoms with van der Waals surface area (Å²) >= 11 is 6.01. The number of allylic oxidation sites excluding steroid dienone is 1.